The van der Waals surface area contributed by atoms with Crippen LogP contribution in [0.3, 0.4) is 0 Å². The third-order valence-corrected chi connectivity index (χ3v) is 8.47. The van der Waals surface area contributed by atoms with E-state index in [-0.39, 0.29) is 62.6 Å². The number of amides is 3. The van der Waals surface area contributed by atoms with E-state index in [2.05, 4.69) is 20.9 Å². The van der Waals surface area contributed by atoms with Gasteiger partial charge in [-0.15, -0.1) is 0 Å². The smallest absolute Gasteiger partial charge is 0.269 e. The molecule has 1 fully saturated rings. The molecule has 260 valence electrons. The Kier molecular flexibility index (Phi) is 14.4. The lowest BCUT2D eigenvalue weighted by Crippen LogP contribution is -2.47. The van der Waals surface area contributed by atoms with Crippen LogP contribution in [0.2, 0.25) is 5.02 Å². The van der Waals surface area contributed by atoms with Crippen LogP contribution in [0, 0.1) is 10.1 Å². The number of para-hydroxylation sites is 1. The van der Waals surface area contributed by atoms with Crippen LogP contribution in [0.15, 0.2) is 47.5 Å². The highest BCUT2D eigenvalue weighted by Crippen LogP contribution is 2.41. The predicted octanol–water partition coefficient (Wildman–Crippen LogP) is 4.22. The van der Waals surface area contributed by atoms with Gasteiger partial charge in [0.05, 0.1) is 54.5 Å². The summed E-state index contributed by atoms with van der Waals surface area (Å²) in [6.07, 6.45) is 6.38. The van der Waals surface area contributed by atoms with E-state index in [0.29, 0.717) is 42.0 Å². The van der Waals surface area contributed by atoms with Gasteiger partial charge in [-0.1, -0.05) is 49.4 Å². The highest BCUT2D eigenvalue weighted by molar-refractivity contribution is 6.34. The van der Waals surface area contributed by atoms with Gasteiger partial charge in [0, 0.05) is 55.4 Å². The van der Waals surface area contributed by atoms with Gasteiger partial charge in [0.1, 0.15) is 0 Å². The van der Waals surface area contributed by atoms with Crippen molar-refractivity contribution in [3.05, 3.63) is 63.2 Å². The Morgan fingerprint density at radius 2 is 1.60 bits per heavy atom. The van der Waals surface area contributed by atoms with E-state index in [4.69, 9.17) is 31.8 Å². The molecule has 2 aromatic carbocycles. The second kappa shape index (κ2) is 18.9. The molecular formula is C33H44ClN7O7. The minimum absolute atomic E-state index is 0.00160. The van der Waals surface area contributed by atoms with Crippen molar-refractivity contribution in [3.63, 3.8) is 0 Å². The Balaban J connectivity index is 1.35. The summed E-state index contributed by atoms with van der Waals surface area (Å²) in [4.78, 5) is 53.9. The summed E-state index contributed by atoms with van der Waals surface area (Å²) in [5.74, 6) is -0.507. The maximum absolute atomic E-state index is 13.1. The first-order valence-electron chi connectivity index (χ1n) is 16.4. The number of nitro groups is 1. The molecule has 1 aliphatic heterocycles. The number of fused-ring (bicyclic) bond motifs is 1. The Bertz CT molecular complexity index is 1450. The summed E-state index contributed by atoms with van der Waals surface area (Å²) in [7, 11) is 0. The Morgan fingerprint density at radius 1 is 0.938 bits per heavy atom. The minimum Gasteiger partial charge on any atom is -0.377 e. The maximum Gasteiger partial charge on any atom is 0.269 e. The van der Waals surface area contributed by atoms with Crippen LogP contribution in [0.5, 0.6) is 0 Å². The van der Waals surface area contributed by atoms with Gasteiger partial charge in [0.25, 0.3) is 5.69 Å². The van der Waals surface area contributed by atoms with E-state index >= 15 is 0 Å². The van der Waals surface area contributed by atoms with E-state index in [0.717, 1.165) is 44.2 Å². The van der Waals surface area contributed by atoms with Crippen LogP contribution in [0.1, 0.15) is 69.4 Å². The number of rotatable bonds is 17. The first-order chi connectivity index (χ1) is 23.2. The zero-order valence-electron chi connectivity index (χ0n) is 27.0. The van der Waals surface area contributed by atoms with E-state index < -0.39 is 16.9 Å². The first-order valence-corrected chi connectivity index (χ1v) is 16.7. The summed E-state index contributed by atoms with van der Waals surface area (Å²) in [6, 6.07) is 11.6. The average Bonchev–Trinajstić information content (AvgIpc) is 3.35. The molecule has 48 heavy (non-hydrogen) atoms. The molecule has 1 heterocycles. The summed E-state index contributed by atoms with van der Waals surface area (Å²) in [6.45, 7) is 1.70. The van der Waals surface area contributed by atoms with Gasteiger partial charge >= 0.3 is 0 Å². The Morgan fingerprint density at radius 3 is 2.25 bits per heavy atom. The fourth-order valence-corrected chi connectivity index (χ4v) is 5.96. The molecule has 1 atom stereocenters. The Labute approximate surface area is 284 Å². The van der Waals surface area contributed by atoms with Gasteiger partial charge in [-0.2, -0.15) is 0 Å². The highest BCUT2D eigenvalue weighted by atomic mass is 35.5. The van der Waals surface area contributed by atoms with Gasteiger partial charge in [0.15, 0.2) is 0 Å². The van der Waals surface area contributed by atoms with Crippen LogP contribution in [0.4, 0.5) is 17.1 Å². The molecule has 0 spiro atoms. The molecule has 3 amide bonds. The van der Waals surface area contributed by atoms with Crippen molar-refractivity contribution in [1.29, 1.82) is 0 Å². The molecule has 1 unspecified atom stereocenters. The monoisotopic (exact) mass is 685 g/mol. The summed E-state index contributed by atoms with van der Waals surface area (Å²) in [5.41, 5.74) is 7.07. The van der Waals surface area contributed by atoms with Gasteiger partial charge < -0.3 is 36.1 Å². The normalized spacial score (nSPS) is 16.3. The lowest BCUT2D eigenvalue weighted by atomic mass is 9.96. The van der Waals surface area contributed by atoms with Crippen molar-refractivity contribution in [3.8, 4) is 0 Å². The number of non-ortho nitro benzene ring substituents is 1. The molecule has 0 radical (unpaired) electrons. The van der Waals surface area contributed by atoms with Crippen molar-refractivity contribution in [2.45, 2.75) is 69.9 Å². The molecular weight excluding hydrogens is 642 g/mol. The fourth-order valence-electron chi connectivity index (χ4n) is 5.77. The lowest BCUT2D eigenvalue weighted by molar-refractivity contribution is -0.384. The highest BCUT2D eigenvalue weighted by Gasteiger charge is 2.35. The zero-order chi connectivity index (χ0) is 34.3. The molecule has 2 aliphatic rings. The minimum atomic E-state index is -0.669. The summed E-state index contributed by atoms with van der Waals surface area (Å²) in [5, 5.41) is 21.2. The van der Waals surface area contributed by atoms with Crippen LogP contribution >= 0.6 is 11.6 Å². The molecule has 1 saturated carbocycles. The number of hydrogen-bond donors (Lipinski definition) is 4. The SMILES string of the molecule is NC(=O)CCC(=O)NCCOCCOCCNC(=O)CC1N=C(Nc2ccccc2Cl)N(C2CCCCCC2)c2ccc([N+](=O)[O-])cc21. The number of halogens is 1. The second-order valence-corrected chi connectivity index (χ2v) is 12.1. The number of carbonyl (C=O) groups excluding carboxylic acids is 3. The number of nitrogens with zero attached hydrogens (tertiary/aromatic N) is 3. The maximum atomic E-state index is 13.1. The van der Waals surface area contributed by atoms with Gasteiger partial charge in [-0.3, -0.25) is 24.5 Å². The van der Waals surface area contributed by atoms with Crippen molar-refractivity contribution in [2.24, 2.45) is 10.7 Å². The van der Waals surface area contributed by atoms with Crippen molar-refractivity contribution < 1.29 is 28.8 Å². The van der Waals surface area contributed by atoms with Crippen LogP contribution in [-0.4, -0.2) is 74.2 Å². The van der Waals surface area contributed by atoms with Crippen molar-refractivity contribution in [2.75, 3.05) is 49.7 Å². The van der Waals surface area contributed by atoms with Crippen molar-refractivity contribution >= 4 is 52.3 Å². The molecule has 5 N–H and O–H groups in total. The average molecular weight is 686 g/mol. The number of benzene rings is 2. The quantitative estimate of drug-likeness (QED) is 0.0817. The van der Waals surface area contributed by atoms with Crippen LogP contribution in [0.25, 0.3) is 0 Å². The van der Waals surface area contributed by atoms with E-state index in [1.807, 2.05) is 18.2 Å². The number of hydrogen-bond acceptors (Lipinski definition) is 10. The molecule has 15 heteroatoms. The molecule has 1 aliphatic carbocycles. The second-order valence-electron chi connectivity index (χ2n) is 11.7. The number of nitro benzene ring substituents is 1. The molecule has 0 aromatic heterocycles. The molecule has 4 rings (SSSR count). The lowest BCUT2D eigenvalue weighted by Gasteiger charge is -2.40. The van der Waals surface area contributed by atoms with E-state index in [9.17, 15) is 24.5 Å². The van der Waals surface area contributed by atoms with E-state index in [1.165, 1.54) is 12.1 Å². The zero-order valence-corrected chi connectivity index (χ0v) is 27.7. The van der Waals surface area contributed by atoms with Crippen molar-refractivity contribution in [1.82, 2.24) is 10.6 Å². The van der Waals surface area contributed by atoms with Gasteiger partial charge in [0.2, 0.25) is 23.7 Å². The third-order valence-electron chi connectivity index (χ3n) is 8.14. The number of guanidine groups is 1. The molecule has 14 nitrogen and oxygen atoms in total. The van der Waals surface area contributed by atoms with Gasteiger partial charge in [-0.25, -0.2) is 4.99 Å². The number of ether oxygens (including phenoxy) is 2. The predicted molar refractivity (Wildman–Crippen MR) is 183 cm³/mol. The Hall–Kier alpha value is -4.27. The standard InChI is InChI=1S/C33H44ClN7O7/c34-26-9-5-6-10-27(26)38-33-39-28(22-32(44)37-16-18-48-20-19-47-17-15-36-31(43)14-13-30(35)42)25-21-24(41(45)46)11-12-29(25)40(33)23-7-3-1-2-4-8-23/h5-6,9-12,21,23,28H,1-4,7-8,13-20,22H2,(H2,35,42)(H,36,43)(H,37,44)(H,38,39). The summed E-state index contributed by atoms with van der Waals surface area (Å²) < 4.78 is 11.0. The topological polar surface area (TPSA) is 191 Å². The largest absolute Gasteiger partial charge is 0.377 e. The number of anilines is 2. The number of nitrogens with two attached hydrogens (primary N) is 1. The summed E-state index contributed by atoms with van der Waals surface area (Å²) >= 11 is 6.51. The fraction of sp³-hybridized carbons (Fsp3) is 0.515. The van der Waals surface area contributed by atoms with Crippen LogP contribution in [-0.2, 0) is 23.9 Å². The first kappa shape index (κ1) is 36.6. The number of primary amides is 1. The number of nitrogens with one attached hydrogen (secondary N) is 3. The number of carbonyl (C=O) groups is 3. The molecule has 0 bridgehead atoms. The van der Waals surface area contributed by atoms with Gasteiger partial charge in [-0.05, 0) is 31.0 Å². The van der Waals surface area contributed by atoms with Crippen LogP contribution < -0.4 is 26.6 Å². The molecule has 0 saturated heterocycles. The van der Waals surface area contributed by atoms with E-state index in [1.54, 1.807) is 12.1 Å². The number of aliphatic imine (C=N–C) groups is 1. The molecule has 2 aromatic rings. The third kappa shape index (κ3) is 11.2.